The van der Waals surface area contributed by atoms with Crippen LogP contribution in [0, 0.1) is 0 Å². The van der Waals surface area contributed by atoms with Gasteiger partial charge < -0.3 is 61.9 Å². The molecule has 0 saturated heterocycles. The summed E-state index contributed by atoms with van der Waals surface area (Å²) in [6.07, 6.45) is 1.22. The molecule has 0 amide bonds. The van der Waals surface area contributed by atoms with Crippen LogP contribution in [-0.2, 0) is 66.4 Å². The molecule has 16 heteroatoms. The van der Waals surface area contributed by atoms with Gasteiger partial charge in [0.2, 0.25) is 0 Å². The van der Waals surface area contributed by atoms with E-state index in [0.29, 0.717) is 144 Å². The predicted molar refractivity (Wildman–Crippen MR) is 182 cm³/mol. The summed E-state index contributed by atoms with van der Waals surface area (Å²) in [7, 11) is 0. The molecule has 1 aromatic rings. The maximum atomic E-state index is 11.8. The van der Waals surface area contributed by atoms with Crippen molar-refractivity contribution in [2.45, 2.75) is 25.7 Å². The van der Waals surface area contributed by atoms with Gasteiger partial charge in [0, 0.05) is 12.8 Å². The van der Waals surface area contributed by atoms with Gasteiger partial charge in [-0.15, -0.1) is 0 Å². The molecular formula is C35H58O16. The third kappa shape index (κ3) is 34.1. The molecule has 1 N–H and O–H groups in total. The molecule has 0 bridgehead atoms. The van der Waals surface area contributed by atoms with Crippen molar-refractivity contribution < 1.29 is 76.3 Å². The Bertz CT molecular complexity index is 936. The highest BCUT2D eigenvalue weighted by atomic mass is 16.6. The van der Waals surface area contributed by atoms with E-state index in [1.807, 2.05) is 6.07 Å². The summed E-state index contributed by atoms with van der Waals surface area (Å²) in [5.74, 6) is -1.58. The van der Waals surface area contributed by atoms with E-state index in [-0.39, 0.29) is 44.6 Å². The van der Waals surface area contributed by atoms with E-state index in [1.165, 1.54) is 0 Å². The van der Waals surface area contributed by atoms with Crippen LogP contribution in [0.4, 0.5) is 0 Å². The number of hydrogen-bond acceptors (Lipinski definition) is 15. The van der Waals surface area contributed by atoms with Crippen molar-refractivity contribution in [3.8, 4) is 0 Å². The lowest BCUT2D eigenvalue weighted by Crippen LogP contribution is -2.16. The van der Waals surface area contributed by atoms with Gasteiger partial charge in [0.15, 0.2) is 0 Å². The average molecular weight is 735 g/mol. The van der Waals surface area contributed by atoms with Crippen LogP contribution in [0.1, 0.15) is 36.0 Å². The topological polar surface area (TPSA) is 182 Å². The quantitative estimate of drug-likeness (QED) is 0.0767. The number of carbonyl (C=O) groups is 3. The van der Waals surface area contributed by atoms with Crippen molar-refractivity contribution in [1.82, 2.24) is 0 Å². The molecule has 0 aliphatic rings. The summed E-state index contributed by atoms with van der Waals surface area (Å²) in [5, 5.41) is 8.55. The van der Waals surface area contributed by atoms with Gasteiger partial charge in [0.05, 0.1) is 138 Å². The van der Waals surface area contributed by atoms with Crippen LogP contribution < -0.4 is 0 Å². The van der Waals surface area contributed by atoms with E-state index < -0.39 is 5.97 Å². The van der Waals surface area contributed by atoms with Crippen LogP contribution in [0.15, 0.2) is 30.3 Å². The number of hydrogen-bond donors (Lipinski definition) is 1. The second-order valence-electron chi connectivity index (χ2n) is 10.4. The van der Waals surface area contributed by atoms with Crippen LogP contribution in [0.2, 0.25) is 0 Å². The molecule has 0 aliphatic carbocycles. The first-order valence-electron chi connectivity index (χ1n) is 17.5. The number of aliphatic carboxylic acids is 1. The van der Waals surface area contributed by atoms with Gasteiger partial charge in [-0.2, -0.15) is 0 Å². The smallest absolute Gasteiger partial charge is 0.338 e. The molecule has 0 aromatic heterocycles. The minimum atomic E-state index is -0.866. The lowest BCUT2D eigenvalue weighted by molar-refractivity contribution is -0.146. The summed E-state index contributed by atoms with van der Waals surface area (Å²) in [6.45, 7) is 9.03. The Morgan fingerprint density at radius 1 is 0.392 bits per heavy atom. The van der Waals surface area contributed by atoms with Gasteiger partial charge in [-0.05, 0) is 25.0 Å². The van der Waals surface area contributed by atoms with Crippen molar-refractivity contribution in [3.63, 3.8) is 0 Å². The van der Waals surface area contributed by atoms with Crippen molar-refractivity contribution in [3.05, 3.63) is 35.9 Å². The van der Waals surface area contributed by atoms with Crippen LogP contribution in [0.5, 0.6) is 0 Å². The lowest BCUT2D eigenvalue weighted by atomic mass is 10.2. The highest BCUT2D eigenvalue weighted by Gasteiger charge is 2.06. The van der Waals surface area contributed by atoms with Gasteiger partial charge in [0.25, 0.3) is 0 Å². The molecule has 294 valence electrons. The number of esters is 2. The Labute approximate surface area is 301 Å². The predicted octanol–water partition coefficient (Wildman–Crippen LogP) is 2.20. The van der Waals surface area contributed by atoms with Crippen molar-refractivity contribution in [2.24, 2.45) is 0 Å². The van der Waals surface area contributed by atoms with Gasteiger partial charge in [-0.1, -0.05) is 18.2 Å². The maximum absolute atomic E-state index is 11.8. The molecule has 0 radical (unpaired) electrons. The highest BCUT2D eigenvalue weighted by Crippen LogP contribution is 2.02. The second kappa shape index (κ2) is 37.0. The summed E-state index contributed by atoms with van der Waals surface area (Å²) in [5.41, 5.74) is 0.517. The minimum absolute atomic E-state index is 0.0561. The molecular weight excluding hydrogens is 676 g/mol. The zero-order chi connectivity index (χ0) is 36.7. The molecule has 16 nitrogen and oxygen atoms in total. The first kappa shape index (κ1) is 46.3. The number of benzene rings is 1. The largest absolute Gasteiger partial charge is 0.481 e. The Balaban J connectivity index is 1.64. The summed E-state index contributed by atoms with van der Waals surface area (Å²) < 4.78 is 64.4. The Morgan fingerprint density at radius 2 is 0.686 bits per heavy atom. The fraction of sp³-hybridized carbons (Fsp3) is 0.743. The molecule has 0 aliphatic heterocycles. The van der Waals surface area contributed by atoms with Gasteiger partial charge in [0.1, 0.15) is 13.2 Å². The number of carboxylic acid groups (broad SMARTS) is 1. The van der Waals surface area contributed by atoms with Gasteiger partial charge >= 0.3 is 17.9 Å². The van der Waals surface area contributed by atoms with E-state index >= 15 is 0 Å². The summed E-state index contributed by atoms with van der Waals surface area (Å²) in [6, 6.07) is 8.82. The van der Waals surface area contributed by atoms with E-state index in [1.54, 1.807) is 24.3 Å². The van der Waals surface area contributed by atoms with Crippen LogP contribution in [-0.4, -0.2) is 168 Å². The van der Waals surface area contributed by atoms with Crippen molar-refractivity contribution in [1.29, 1.82) is 0 Å². The zero-order valence-corrected chi connectivity index (χ0v) is 29.8. The first-order valence-corrected chi connectivity index (χ1v) is 17.5. The number of unbranched alkanes of at least 4 members (excludes halogenated alkanes) is 1. The number of rotatable bonds is 39. The maximum Gasteiger partial charge on any atom is 0.338 e. The normalized spacial score (nSPS) is 11.1. The number of ether oxygens (including phenoxy) is 12. The lowest BCUT2D eigenvalue weighted by Gasteiger charge is -2.09. The highest BCUT2D eigenvalue weighted by molar-refractivity contribution is 5.89. The molecule has 0 fully saturated rings. The zero-order valence-electron chi connectivity index (χ0n) is 29.8. The van der Waals surface area contributed by atoms with E-state index in [0.717, 1.165) is 0 Å². The molecule has 0 atom stereocenters. The third-order valence-electron chi connectivity index (χ3n) is 6.33. The first-order chi connectivity index (χ1) is 25.1. The SMILES string of the molecule is O=C(O)CCCCC(=O)OCCOCCOCCOCCOCCOCCOCCOCCOCCOCCOCCOC(=O)c1ccccc1. The standard InChI is InChI=1S/C35H58O16/c36-33(37)8-4-5-9-34(38)50-30-28-48-26-24-46-22-20-44-18-16-42-14-12-40-10-11-41-13-15-43-17-19-45-21-23-47-25-27-49-29-31-51-35(39)32-6-2-1-3-7-32/h1-3,6-7H,4-5,8-31H2,(H,36,37). The Morgan fingerprint density at radius 3 is 1.02 bits per heavy atom. The average Bonchev–Trinajstić information content (AvgIpc) is 3.13. The monoisotopic (exact) mass is 734 g/mol. The molecule has 1 rings (SSSR count). The molecule has 51 heavy (non-hydrogen) atoms. The van der Waals surface area contributed by atoms with E-state index in [4.69, 9.17) is 61.9 Å². The number of carboxylic acids is 1. The Kier molecular flexibility index (Phi) is 33.6. The van der Waals surface area contributed by atoms with Gasteiger partial charge in [-0.25, -0.2) is 4.79 Å². The van der Waals surface area contributed by atoms with Crippen molar-refractivity contribution >= 4 is 17.9 Å². The molecule has 0 heterocycles. The van der Waals surface area contributed by atoms with Crippen molar-refractivity contribution in [2.75, 3.05) is 145 Å². The fourth-order valence-corrected chi connectivity index (χ4v) is 3.76. The molecule has 0 unspecified atom stereocenters. The Hall–Kier alpha value is -2.77. The molecule has 0 spiro atoms. The summed E-state index contributed by atoms with van der Waals surface area (Å²) >= 11 is 0. The third-order valence-corrected chi connectivity index (χ3v) is 6.33. The molecule has 0 saturated carbocycles. The van der Waals surface area contributed by atoms with E-state index in [2.05, 4.69) is 0 Å². The van der Waals surface area contributed by atoms with Crippen LogP contribution in [0.25, 0.3) is 0 Å². The second-order valence-corrected chi connectivity index (χ2v) is 10.4. The molecule has 1 aromatic carbocycles. The number of carbonyl (C=O) groups excluding carboxylic acids is 2. The summed E-state index contributed by atoms with van der Waals surface area (Å²) in [4.78, 5) is 33.7. The van der Waals surface area contributed by atoms with Crippen LogP contribution in [0.3, 0.4) is 0 Å². The fourth-order valence-electron chi connectivity index (χ4n) is 3.76. The van der Waals surface area contributed by atoms with Gasteiger partial charge in [-0.3, -0.25) is 9.59 Å². The van der Waals surface area contributed by atoms with E-state index in [9.17, 15) is 14.4 Å². The van der Waals surface area contributed by atoms with Crippen LogP contribution >= 0.6 is 0 Å². The minimum Gasteiger partial charge on any atom is -0.481 e.